The van der Waals surface area contributed by atoms with E-state index in [2.05, 4.69) is 10.2 Å². The van der Waals surface area contributed by atoms with Gasteiger partial charge in [0, 0.05) is 13.1 Å². The van der Waals surface area contributed by atoms with E-state index < -0.39 is 16.5 Å². The third-order valence-electron chi connectivity index (χ3n) is 3.72. The Morgan fingerprint density at radius 1 is 1.41 bits per heavy atom. The first-order valence-electron chi connectivity index (χ1n) is 6.74. The number of hydrogen-bond acceptors (Lipinski definition) is 5. The number of nitrogens with zero attached hydrogens (tertiary/aromatic N) is 3. The van der Waals surface area contributed by atoms with Gasteiger partial charge in [0.05, 0.1) is 12.0 Å². The van der Waals surface area contributed by atoms with E-state index in [1.807, 2.05) is 24.3 Å². The van der Waals surface area contributed by atoms with E-state index in [1.165, 1.54) is 12.7 Å². The molecular formula is C14H14N4O4. The van der Waals surface area contributed by atoms with Crippen LogP contribution < -0.4 is 4.74 Å². The number of rotatable bonds is 3. The van der Waals surface area contributed by atoms with Crippen LogP contribution in [-0.2, 0) is 13.0 Å². The topological polar surface area (TPSA) is 101 Å². The molecule has 22 heavy (non-hydrogen) atoms. The lowest BCUT2D eigenvalue weighted by Crippen LogP contribution is -2.36. The zero-order chi connectivity index (χ0) is 15.7. The SMILES string of the molecule is COc1n[nH]c(C(=O)N2CCc3ccccc3C2)c1[N+](=O)[O-]. The van der Waals surface area contributed by atoms with Crippen LogP contribution in [0.2, 0.25) is 0 Å². The summed E-state index contributed by atoms with van der Waals surface area (Å²) in [5.41, 5.74) is 1.67. The molecule has 0 atom stereocenters. The number of aromatic nitrogens is 2. The minimum absolute atomic E-state index is 0.152. The average Bonchev–Trinajstić information content (AvgIpc) is 2.98. The van der Waals surface area contributed by atoms with Gasteiger partial charge in [0.15, 0.2) is 0 Å². The van der Waals surface area contributed by atoms with E-state index in [9.17, 15) is 14.9 Å². The van der Waals surface area contributed by atoms with Crippen LogP contribution in [0.4, 0.5) is 5.69 Å². The number of carbonyl (C=O) groups excluding carboxylic acids is 1. The molecule has 1 amide bonds. The standard InChI is InChI=1S/C14H14N4O4/c1-22-13-12(18(20)21)11(15-16-13)14(19)17-7-6-9-4-2-3-5-10(9)8-17/h2-5H,6-8H2,1H3,(H,15,16). The normalized spacial score (nSPS) is 13.6. The summed E-state index contributed by atoms with van der Waals surface area (Å²) in [6.07, 6.45) is 0.723. The second-order valence-corrected chi connectivity index (χ2v) is 4.96. The van der Waals surface area contributed by atoms with Gasteiger partial charge in [-0.2, -0.15) is 0 Å². The van der Waals surface area contributed by atoms with Crippen molar-refractivity contribution in [1.29, 1.82) is 0 Å². The highest BCUT2D eigenvalue weighted by Crippen LogP contribution is 2.30. The van der Waals surface area contributed by atoms with Crippen molar-refractivity contribution in [3.05, 3.63) is 51.2 Å². The molecule has 0 saturated carbocycles. The van der Waals surface area contributed by atoms with Gasteiger partial charge in [0.25, 0.3) is 5.91 Å². The smallest absolute Gasteiger partial charge is 0.362 e. The molecule has 1 aliphatic rings. The third-order valence-corrected chi connectivity index (χ3v) is 3.72. The van der Waals surface area contributed by atoms with Gasteiger partial charge in [0.2, 0.25) is 5.69 Å². The van der Waals surface area contributed by atoms with Crippen LogP contribution >= 0.6 is 0 Å². The number of nitro groups is 1. The zero-order valence-corrected chi connectivity index (χ0v) is 11.9. The molecule has 2 aromatic rings. The number of H-pyrrole nitrogens is 1. The lowest BCUT2D eigenvalue weighted by molar-refractivity contribution is -0.386. The molecule has 1 N–H and O–H groups in total. The first-order valence-corrected chi connectivity index (χ1v) is 6.74. The number of hydrogen-bond donors (Lipinski definition) is 1. The van der Waals surface area contributed by atoms with Gasteiger partial charge in [-0.25, -0.2) is 0 Å². The summed E-state index contributed by atoms with van der Waals surface area (Å²) in [7, 11) is 1.27. The molecule has 0 radical (unpaired) electrons. The quantitative estimate of drug-likeness (QED) is 0.684. The van der Waals surface area contributed by atoms with Crippen molar-refractivity contribution in [1.82, 2.24) is 15.1 Å². The van der Waals surface area contributed by atoms with Crippen LogP contribution in [0.5, 0.6) is 5.88 Å². The molecule has 0 saturated heterocycles. The molecule has 0 fully saturated rings. The Hall–Kier alpha value is -2.90. The van der Waals surface area contributed by atoms with Gasteiger partial charge < -0.3 is 9.64 Å². The summed E-state index contributed by atoms with van der Waals surface area (Å²) >= 11 is 0. The van der Waals surface area contributed by atoms with E-state index in [0.717, 1.165) is 12.0 Å². The first-order chi connectivity index (χ1) is 10.6. The van der Waals surface area contributed by atoms with Crippen molar-refractivity contribution in [2.75, 3.05) is 13.7 Å². The Labute approximate surface area is 125 Å². The number of benzene rings is 1. The van der Waals surface area contributed by atoms with E-state index in [0.29, 0.717) is 13.1 Å². The predicted molar refractivity (Wildman–Crippen MR) is 76.7 cm³/mol. The molecule has 0 bridgehead atoms. The summed E-state index contributed by atoms with van der Waals surface area (Å²) in [5, 5.41) is 17.2. The van der Waals surface area contributed by atoms with Crippen molar-refractivity contribution in [3.8, 4) is 5.88 Å². The molecule has 1 aromatic heterocycles. The Morgan fingerprint density at radius 2 is 2.14 bits per heavy atom. The maximum atomic E-state index is 12.6. The van der Waals surface area contributed by atoms with Crippen molar-refractivity contribution >= 4 is 11.6 Å². The summed E-state index contributed by atoms with van der Waals surface area (Å²) in [4.78, 5) is 24.6. The van der Waals surface area contributed by atoms with Crippen LogP contribution in [0.1, 0.15) is 21.6 Å². The molecular weight excluding hydrogens is 288 g/mol. The molecule has 0 aliphatic carbocycles. The van der Waals surface area contributed by atoms with Gasteiger partial charge >= 0.3 is 11.6 Å². The first kappa shape index (κ1) is 14.1. The highest BCUT2D eigenvalue weighted by atomic mass is 16.6. The fourth-order valence-corrected chi connectivity index (χ4v) is 2.61. The van der Waals surface area contributed by atoms with Crippen LogP contribution in [0.15, 0.2) is 24.3 Å². The highest BCUT2D eigenvalue weighted by Gasteiger charge is 2.33. The van der Waals surface area contributed by atoms with E-state index >= 15 is 0 Å². The minimum Gasteiger partial charge on any atom is -0.475 e. The fourth-order valence-electron chi connectivity index (χ4n) is 2.61. The Bertz CT molecular complexity index is 740. The number of fused-ring (bicyclic) bond motifs is 1. The van der Waals surface area contributed by atoms with Gasteiger partial charge in [-0.05, 0) is 17.5 Å². The number of aromatic amines is 1. The van der Waals surface area contributed by atoms with Crippen molar-refractivity contribution in [2.24, 2.45) is 0 Å². The second-order valence-electron chi connectivity index (χ2n) is 4.96. The van der Waals surface area contributed by atoms with Crippen LogP contribution in [0.25, 0.3) is 0 Å². The zero-order valence-electron chi connectivity index (χ0n) is 11.9. The second kappa shape index (κ2) is 5.47. The Balaban J connectivity index is 1.90. The lowest BCUT2D eigenvalue weighted by Gasteiger charge is -2.28. The van der Waals surface area contributed by atoms with Gasteiger partial charge in [-0.3, -0.25) is 20.0 Å². The predicted octanol–water partition coefficient (Wildman–Crippen LogP) is 1.52. The molecule has 114 valence electrons. The largest absolute Gasteiger partial charge is 0.475 e. The molecule has 3 rings (SSSR count). The van der Waals surface area contributed by atoms with Crippen LogP contribution in [-0.4, -0.2) is 39.6 Å². The number of methoxy groups -OCH3 is 1. The van der Waals surface area contributed by atoms with Crippen molar-refractivity contribution in [3.63, 3.8) is 0 Å². The maximum Gasteiger partial charge on any atom is 0.362 e. The van der Waals surface area contributed by atoms with E-state index in [1.54, 1.807) is 4.90 Å². The van der Waals surface area contributed by atoms with Crippen LogP contribution in [0.3, 0.4) is 0 Å². The van der Waals surface area contributed by atoms with Gasteiger partial charge in [-0.1, -0.05) is 24.3 Å². The van der Waals surface area contributed by atoms with Gasteiger partial charge in [-0.15, -0.1) is 5.10 Å². The lowest BCUT2D eigenvalue weighted by atomic mass is 10.00. The number of nitrogens with one attached hydrogen (secondary N) is 1. The molecule has 2 heterocycles. The Morgan fingerprint density at radius 3 is 2.82 bits per heavy atom. The maximum absolute atomic E-state index is 12.6. The molecule has 1 aliphatic heterocycles. The fraction of sp³-hybridized carbons (Fsp3) is 0.286. The summed E-state index contributed by atoms with van der Waals surface area (Å²) in [5.74, 6) is -0.636. The third kappa shape index (κ3) is 2.28. The summed E-state index contributed by atoms with van der Waals surface area (Å²) in [6.45, 7) is 0.932. The molecule has 8 nitrogen and oxygen atoms in total. The number of amides is 1. The monoisotopic (exact) mass is 302 g/mol. The Kier molecular flexibility index (Phi) is 3.50. The molecule has 1 aromatic carbocycles. The molecule has 8 heteroatoms. The summed E-state index contributed by atoms with van der Waals surface area (Å²) in [6, 6.07) is 7.85. The average molecular weight is 302 g/mol. The minimum atomic E-state index is -0.659. The van der Waals surface area contributed by atoms with Crippen molar-refractivity contribution < 1.29 is 14.5 Å². The summed E-state index contributed by atoms with van der Waals surface area (Å²) < 4.78 is 4.83. The number of carbonyl (C=O) groups is 1. The van der Waals surface area contributed by atoms with Gasteiger partial charge in [0.1, 0.15) is 0 Å². The highest BCUT2D eigenvalue weighted by molar-refractivity contribution is 5.97. The van der Waals surface area contributed by atoms with Crippen molar-refractivity contribution in [2.45, 2.75) is 13.0 Å². The molecule has 0 unspecified atom stereocenters. The molecule has 0 spiro atoms. The number of ether oxygens (including phenoxy) is 1. The van der Waals surface area contributed by atoms with E-state index in [4.69, 9.17) is 4.74 Å². The van der Waals surface area contributed by atoms with Crippen LogP contribution in [0, 0.1) is 10.1 Å². The van der Waals surface area contributed by atoms with E-state index in [-0.39, 0.29) is 11.6 Å².